The van der Waals surface area contributed by atoms with E-state index >= 15 is 0 Å². The first-order valence-corrected chi connectivity index (χ1v) is 8.29. The third-order valence-electron chi connectivity index (χ3n) is 4.51. The monoisotopic (exact) mass is 389 g/mol. The SMILES string of the molecule is Cc1nnc2[nH]nc(NC(=O)C3=Cc4ccccc4OC3C(F)(F)F)c2c1C. The first-order chi connectivity index (χ1) is 13.3. The summed E-state index contributed by atoms with van der Waals surface area (Å²) in [5.41, 5.74) is 1.48. The van der Waals surface area contributed by atoms with E-state index in [1.807, 2.05) is 0 Å². The molecule has 10 heteroatoms. The second kappa shape index (κ2) is 6.32. The Kier molecular flexibility index (Phi) is 4.06. The van der Waals surface area contributed by atoms with Crippen LogP contribution in [0.15, 0.2) is 29.8 Å². The molecule has 144 valence electrons. The summed E-state index contributed by atoms with van der Waals surface area (Å²) in [6.07, 6.45) is -5.96. The van der Waals surface area contributed by atoms with Gasteiger partial charge < -0.3 is 10.1 Å². The lowest BCUT2D eigenvalue weighted by atomic mass is 10.0. The van der Waals surface area contributed by atoms with Gasteiger partial charge in [0.05, 0.1) is 16.7 Å². The van der Waals surface area contributed by atoms with Crippen molar-refractivity contribution in [3.63, 3.8) is 0 Å². The van der Waals surface area contributed by atoms with Crippen molar-refractivity contribution in [2.45, 2.75) is 26.1 Å². The molecule has 0 bridgehead atoms. The molecule has 1 amide bonds. The number of para-hydroxylation sites is 1. The molecule has 0 aliphatic carbocycles. The number of hydrogen-bond acceptors (Lipinski definition) is 5. The van der Waals surface area contributed by atoms with Gasteiger partial charge in [0.15, 0.2) is 11.5 Å². The van der Waals surface area contributed by atoms with E-state index in [-0.39, 0.29) is 11.6 Å². The fourth-order valence-corrected chi connectivity index (χ4v) is 2.98. The number of aryl methyl sites for hydroxylation is 2. The lowest BCUT2D eigenvalue weighted by Gasteiger charge is -2.28. The number of carbonyl (C=O) groups is 1. The largest absolute Gasteiger partial charge is 0.475 e. The number of carbonyl (C=O) groups excluding carboxylic acids is 1. The molecule has 2 N–H and O–H groups in total. The van der Waals surface area contributed by atoms with Crippen LogP contribution in [0.3, 0.4) is 0 Å². The molecule has 1 aliphatic heterocycles. The maximum absolute atomic E-state index is 13.5. The van der Waals surface area contributed by atoms with Crippen molar-refractivity contribution < 1.29 is 22.7 Å². The Balaban J connectivity index is 1.74. The van der Waals surface area contributed by atoms with Crippen molar-refractivity contribution in [1.82, 2.24) is 20.4 Å². The molecule has 1 aromatic carbocycles. The van der Waals surface area contributed by atoms with Crippen LogP contribution < -0.4 is 10.1 Å². The van der Waals surface area contributed by atoms with Gasteiger partial charge in [-0.05, 0) is 31.6 Å². The number of benzene rings is 1. The molecule has 1 unspecified atom stereocenters. The number of anilines is 1. The zero-order valence-electron chi connectivity index (χ0n) is 14.8. The van der Waals surface area contributed by atoms with Crippen LogP contribution in [0.2, 0.25) is 0 Å². The minimum Gasteiger partial charge on any atom is -0.475 e. The number of hydrogen-bond donors (Lipinski definition) is 2. The molecule has 3 aromatic rings. The lowest BCUT2D eigenvalue weighted by Crippen LogP contribution is -2.41. The van der Waals surface area contributed by atoms with Gasteiger partial charge >= 0.3 is 6.18 Å². The minimum absolute atomic E-state index is 0.0633. The topological polar surface area (TPSA) is 92.8 Å². The van der Waals surface area contributed by atoms with E-state index in [0.29, 0.717) is 27.9 Å². The van der Waals surface area contributed by atoms with Crippen LogP contribution in [0, 0.1) is 13.8 Å². The lowest BCUT2D eigenvalue weighted by molar-refractivity contribution is -0.184. The summed E-state index contributed by atoms with van der Waals surface area (Å²) in [6.45, 7) is 3.49. The quantitative estimate of drug-likeness (QED) is 0.702. The summed E-state index contributed by atoms with van der Waals surface area (Å²) in [7, 11) is 0. The van der Waals surface area contributed by atoms with Crippen molar-refractivity contribution >= 4 is 28.8 Å². The van der Waals surface area contributed by atoms with Crippen LogP contribution in [0.25, 0.3) is 17.1 Å². The maximum atomic E-state index is 13.5. The second-order valence-electron chi connectivity index (χ2n) is 6.34. The van der Waals surface area contributed by atoms with Gasteiger partial charge in [0.25, 0.3) is 5.91 Å². The number of aromatic nitrogens is 4. The highest BCUT2D eigenvalue weighted by Gasteiger charge is 2.48. The number of halogens is 3. The van der Waals surface area contributed by atoms with Gasteiger partial charge in [0.2, 0.25) is 6.10 Å². The number of nitrogens with zero attached hydrogens (tertiary/aromatic N) is 3. The molecule has 4 rings (SSSR count). The smallest absolute Gasteiger partial charge is 0.429 e. The average molecular weight is 389 g/mol. The molecule has 0 fully saturated rings. The highest BCUT2D eigenvalue weighted by molar-refractivity contribution is 6.11. The standard InChI is InChI=1S/C18H14F3N5O2/c1-8-9(2)23-25-16-13(8)15(24-26-16)22-17(27)11-7-10-5-3-4-6-12(10)28-14(11)18(19,20)21/h3-7,14H,1-2H3,(H2,22,24,25,26,27). The van der Waals surface area contributed by atoms with Gasteiger partial charge in [-0.1, -0.05) is 18.2 Å². The summed E-state index contributed by atoms with van der Waals surface area (Å²) in [6, 6.07) is 6.20. The maximum Gasteiger partial charge on any atom is 0.429 e. The molecule has 28 heavy (non-hydrogen) atoms. The summed E-state index contributed by atoms with van der Waals surface area (Å²) >= 11 is 0. The summed E-state index contributed by atoms with van der Waals surface area (Å²) < 4.78 is 45.6. The van der Waals surface area contributed by atoms with Gasteiger partial charge in [0, 0.05) is 5.56 Å². The van der Waals surface area contributed by atoms with Crippen LogP contribution in [-0.2, 0) is 4.79 Å². The molecule has 1 aliphatic rings. The fraction of sp³-hybridized carbons (Fsp3) is 0.222. The molecular formula is C18H14F3N5O2. The van der Waals surface area contributed by atoms with Crippen molar-refractivity contribution in [3.05, 3.63) is 46.7 Å². The third-order valence-corrected chi connectivity index (χ3v) is 4.51. The van der Waals surface area contributed by atoms with Gasteiger partial charge in [-0.15, -0.1) is 5.10 Å². The van der Waals surface area contributed by atoms with Gasteiger partial charge in [-0.2, -0.15) is 23.4 Å². The van der Waals surface area contributed by atoms with Crippen LogP contribution in [-0.4, -0.2) is 38.6 Å². The van der Waals surface area contributed by atoms with Gasteiger partial charge in [-0.3, -0.25) is 9.89 Å². The van der Waals surface area contributed by atoms with E-state index < -0.39 is 23.8 Å². The van der Waals surface area contributed by atoms with E-state index in [4.69, 9.17) is 4.74 Å². The van der Waals surface area contributed by atoms with Crippen LogP contribution in [0.1, 0.15) is 16.8 Å². The summed E-state index contributed by atoms with van der Waals surface area (Å²) in [5, 5.41) is 17.4. The number of rotatable bonds is 2. The van der Waals surface area contributed by atoms with E-state index in [9.17, 15) is 18.0 Å². The Bertz CT molecular complexity index is 1120. The number of alkyl halides is 3. The molecule has 0 spiro atoms. The predicted octanol–water partition coefficient (Wildman–Crippen LogP) is 3.32. The molecule has 3 heterocycles. The molecule has 2 aromatic heterocycles. The highest BCUT2D eigenvalue weighted by atomic mass is 19.4. The van der Waals surface area contributed by atoms with Crippen LogP contribution in [0.4, 0.5) is 19.0 Å². The molecular weight excluding hydrogens is 375 g/mol. The van der Waals surface area contributed by atoms with E-state index in [0.717, 1.165) is 0 Å². The van der Waals surface area contributed by atoms with Crippen molar-refractivity contribution in [1.29, 1.82) is 0 Å². The van der Waals surface area contributed by atoms with E-state index in [1.54, 1.807) is 32.0 Å². The highest BCUT2D eigenvalue weighted by Crippen LogP contribution is 2.37. The van der Waals surface area contributed by atoms with Crippen molar-refractivity contribution in [2.75, 3.05) is 5.32 Å². The van der Waals surface area contributed by atoms with Gasteiger partial charge in [-0.25, -0.2) is 0 Å². The average Bonchev–Trinajstić information content (AvgIpc) is 3.06. The molecule has 0 saturated carbocycles. The van der Waals surface area contributed by atoms with Gasteiger partial charge in [0.1, 0.15) is 5.75 Å². The minimum atomic E-state index is -4.76. The number of fused-ring (bicyclic) bond motifs is 2. The van der Waals surface area contributed by atoms with E-state index in [1.165, 1.54) is 12.1 Å². The Morgan fingerprint density at radius 2 is 1.96 bits per heavy atom. The molecule has 0 saturated heterocycles. The zero-order valence-corrected chi connectivity index (χ0v) is 14.8. The fourth-order valence-electron chi connectivity index (χ4n) is 2.98. The number of H-pyrrole nitrogens is 1. The normalized spacial score (nSPS) is 16.3. The Morgan fingerprint density at radius 3 is 2.71 bits per heavy atom. The molecule has 1 atom stereocenters. The second-order valence-corrected chi connectivity index (χ2v) is 6.34. The Hall–Kier alpha value is -3.43. The number of amides is 1. The number of aromatic amines is 1. The van der Waals surface area contributed by atoms with Crippen molar-refractivity contribution in [3.8, 4) is 5.75 Å². The first kappa shape index (κ1) is 18.0. The third kappa shape index (κ3) is 2.96. The predicted molar refractivity (Wildman–Crippen MR) is 94.7 cm³/mol. The molecule has 7 nitrogen and oxygen atoms in total. The summed E-state index contributed by atoms with van der Waals surface area (Å²) in [5.74, 6) is -0.816. The van der Waals surface area contributed by atoms with Crippen molar-refractivity contribution in [2.24, 2.45) is 0 Å². The van der Waals surface area contributed by atoms with Crippen LogP contribution >= 0.6 is 0 Å². The molecule has 0 radical (unpaired) electrons. The Labute approximate surface area is 156 Å². The van der Waals surface area contributed by atoms with E-state index in [2.05, 4.69) is 25.7 Å². The number of ether oxygens (including phenoxy) is 1. The number of nitrogens with one attached hydrogen (secondary N) is 2. The zero-order chi connectivity index (χ0) is 20.1. The Morgan fingerprint density at radius 1 is 1.21 bits per heavy atom. The first-order valence-electron chi connectivity index (χ1n) is 8.29. The summed E-state index contributed by atoms with van der Waals surface area (Å²) in [4.78, 5) is 12.7. The van der Waals surface area contributed by atoms with Crippen LogP contribution in [0.5, 0.6) is 5.75 Å².